The van der Waals surface area contributed by atoms with Crippen molar-refractivity contribution in [3.63, 3.8) is 0 Å². The van der Waals surface area contributed by atoms with E-state index >= 15 is 0 Å². The van der Waals surface area contributed by atoms with Crippen LogP contribution in [0.5, 0.6) is 0 Å². The first-order valence-electron chi connectivity index (χ1n) is 4.80. The van der Waals surface area contributed by atoms with E-state index in [1.165, 1.54) is 5.56 Å². The van der Waals surface area contributed by atoms with E-state index in [-0.39, 0.29) is 5.92 Å². The predicted octanol–water partition coefficient (Wildman–Crippen LogP) is 1.15. The van der Waals surface area contributed by atoms with Crippen molar-refractivity contribution < 1.29 is 0 Å². The van der Waals surface area contributed by atoms with Gasteiger partial charge in [0.15, 0.2) is 0 Å². The average Bonchev–Trinajstić information content (AvgIpc) is 2.17. The maximum Gasteiger partial charge on any atom is 0.0745 e. The molecule has 72 valence electrons. The summed E-state index contributed by atoms with van der Waals surface area (Å²) in [5.41, 5.74) is 4.55. The molecule has 0 bridgehead atoms. The molecule has 0 aliphatic carbocycles. The van der Waals surface area contributed by atoms with Crippen molar-refractivity contribution in [2.45, 2.75) is 6.54 Å². The Bertz CT molecular complexity index is 322. The molecule has 1 aromatic rings. The lowest BCUT2D eigenvalue weighted by atomic mass is 10.1. The molecule has 0 unspecified atom stereocenters. The van der Waals surface area contributed by atoms with Crippen LogP contribution >= 0.6 is 0 Å². The van der Waals surface area contributed by atoms with Crippen molar-refractivity contribution in [1.82, 2.24) is 10.4 Å². The highest BCUT2D eigenvalue weighted by Gasteiger charge is 2.25. The van der Waals surface area contributed by atoms with Gasteiger partial charge in [0.25, 0.3) is 0 Å². The van der Waals surface area contributed by atoms with E-state index < -0.39 is 0 Å². The molecule has 3 nitrogen and oxygen atoms in total. The van der Waals surface area contributed by atoms with Gasteiger partial charge < -0.3 is 0 Å². The van der Waals surface area contributed by atoms with Gasteiger partial charge in [-0.3, -0.25) is 5.43 Å². The van der Waals surface area contributed by atoms with Crippen molar-refractivity contribution in [2.75, 3.05) is 13.1 Å². The molecule has 3 heteroatoms. The van der Waals surface area contributed by atoms with Crippen molar-refractivity contribution in [3.05, 3.63) is 35.9 Å². The zero-order valence-electron chi connectivity index (χ0n) is 7.98. The number of hydrazine groups is 1. The monoisotopic (exact) mass is 187 g/mol. The average molecular weight is 187 g/mol. The van der Waals surface area contributed by atoms with E-state index in [4.69, 9.17) is 5.26 Å². The van der Waals surface area contributed by atoms with Gasteiger partial charge in [0, 0.05) is 19.6 Å². The lowest BCUT2D eigenvalue weighted by Crippen LogP contribution is -2.53. The van der Waals surface area contributed by atoms with Crippen molar-refractivity contribution >= 4 is 0 Å². The van der Waals surface area contributed by atoms with Crippen molar-refractivity contribution in [2.24, 2.45) is 5.92 Å². The molecule has 2 rings (SSSR count). The molecule has 1 fully saturated rings. The lowest BCUT2D eigenvalue weighted by Gasteiger charge is -2.35. The summed E-state index contributed by atoms with van der Waals surface area (Å²) in [7, 11) is 0. The Labute approximate surface area is 83.9 Å². The van der Waals surface area contributed by atoms with E-state index in [9.17, 15) is 0 Å². The fraction of sp³-hybridized carbons (Fsp3) is 0.364. The number of hydrogen-bond acceptors (Lipinski definition) is 3. The summed E-state index contributed by atoms with van der Waals surface area (Å²) in [6.45, 7) is 2.55. The smallest absolute Gasteiger partial charge is 0.0745 e. The normalized spacial score (nSPS) is 17.4. The van der Waals surface area contributed by atoms with E-state index in [2.05, 4.69) is 28.6 Å². The molecule has 0 saturated carbocycles. The summed E-state index contributed by atoms with van der Waals surface area (Å²) in [5.74, 6) is 0.221. The van der Waals surface area contributed by atoms with Crippen LogP contribution < -0.4 is 5.43 Å². The van der Waals surface area contributed by atoms with Gasteiger partial charge in [-0.25, -0.2) is 5.01 Å². The highest BCUT2D eigenvalue weighted by Crippen LogP contribution is 2.11. The standard InChI is InChI=1S/C11H13N3/c12-6-11-8-14(9-11)13-7-10-4-2-1-3-5-10/h1-5,11,13H,7-9H2. The van der Waals surface area contributed by atoms with Gasteiger partial charge >= 0.3 is 0 Å². The summed E-state index contributed by atoms with van der Waals surface area (Å²) < 4.78 is 0. The third-order valence-electron chi connectivity index (χ3n) is 2.41. The molecule has 1 N–H and O–H groups in total. The minimum absolute atomic E-state index is 0.221. The van der Waals surface area contributed by atoms with E-state index in [0.29, 0.717) is 0 Å². The first kappa shape index (κ1) is 9.20. The van der Waals surface area contributed by atoms with Crippen molar-refractivity contribution in [1.29, 1.82) is 5.26 Å². The second-order valence-corrected chi connectivity index (χ2v) is 3.55. The van der Waals surface area contributed by atoms with E-state index in [0.717, 1.165) is 19.6 Å². The second-order valence-electron chi connectivity index (χ2n) is 3.55. The largest absolute Gasteiger partial charge is 0.251 e. The van der Waals surface area contributed by atoms with Crippen LogP contribution in [0.25, 0.3) is 0 Å². The number of benzene rings is 1. The maximum absolute atomic E-state index is 8.58. The van der Waals surface area contributed by atoms with Gasteiger partial charge in [0.1, 0.15) is 0 Å². The maximum atomic E-state index is 8.58. The predicted molar refractivity (Wildman–Crippen MR) is 54.0 cm³/mol. The Balaban J connectivity index is 1.72. The molecule has 0 atom stereocenters. The summed E-state index contributed by atoms with van der Waals surface area (Å²) in [4.78, 5) is 0. The topological polar surface area (TPSA) is 39.1 Å². The van der Waals surface area contributed by atoms with Gasteiger partial charge in [-0.1, -0.05) is 30.3 Å². The minimum Gasteiger partial charge on any atom is -0.251 e. The number of rotatable bonds is 3. The Morgan fingerprint density at radius 3 is 2.71 bits per heavy atom. The first-order chi connectivity index (χ1) is 6.88. The van der Waals surface area contributed by atoms with Crippen molar-refractivity contribution in [3.8, 4) is 6.07 Å². The minimum atomic E-state index is 0.221. The molecule has 1 aliphatic rings. The van der Waals surface area contributed by atoms with Crippen LogP contribution in [0.3, 0.4) is 0 Å². The van der Waals surface area contributed by atoms with Crippen LogP contribution in [0.1, 0.15) is 5.56 Å². The van der Waals surface area contributed by atoms with Gasteiger partial charge in [-0.05, 0) is 5.56 Å². The molecule has 0 spiro atoms. The summed E-state index contributed by atoms with van der Waals surface area (Å²) in [5, 5.41) is 10.7. The van der Waals surface area contributed by atoms with Gasteiger partial charge in [0.2, 0.25) is 0 Å². The Hall–Kier alpha value is -1.37. The third kappa shape index (κ3) is 2.11. The zero-order chi connectivity index (χ0) is 9.80. The van der Waals surface area contributed by atoms with Gasteiger partial charge in [0.05, 0.1) is 12.0 Å². The summed E-state index contributed by atoms with van der Waals surface area (Å²) in [6, 6.07) is 12.5. The highest BCUT2D eigenvalue weighted by atomic mass is 15.5. The van der Waals surface area contributed by atoms with Crippen LogP contribution in [0.15, 0.2) is 30.3 Å². The van der Waals surface area contributed by atoms with Gasteiger partial charge in [-0.2, -0.15) is 5.26 Å². The van der Waals surface area contributed by atoms with Crippen LogP contribution in [0.4, 0.5) is 0 Å². The second kappa shape index (κ2) is 4.23. The van der Waals surface area contributed by atoms with Crippen LogP contribution in [-0.2, 0) is 6.54 Å². The quantitative estimate of drug-likeness (QED) is 0.771. The Morgan fingerprint density at radius 1 is 1.36 bits per heavy atom. The number of hydrogen-bond donors (Lipinski definition) is 1. The first-order valence-corrected chi connectivity index (χ1v) is 4.80. The third-order valence-corrected chi connectivity index (χ3v) is 2.41. The molecule has 1 heterocycles. The molecule has 0 aromatic heterocycles. The zero-order valence-corrected chi connectivity index (χ0v) is 7.98. The molecule has 14 heavy (non-hydrogen) atoms. The molecule has 1 aliphatic heterocycles. The van der Waals surface area contributed by atoms with Gasteiger partial charge in [-0.15, -0.1) is 0 Å². The number of nitrogens with zero attached hydrogens (tertiary/aromatic N) is 2. The highest BCUT2D eigenvalue weighted by molar-refractivity contribution is 5.14. The number of nitriles is 1. The molecular formula is C11H13N3. The SMILES string of the molecule is N#CC1CN(NCc2ccccc2)C1. The Morgan fingerprint density at radius 2 is 2.07 bits per heavy atom. The molecule has 1 saturated heterocycles. The molecular weight excluding hydrogens is 174 g/mol. The van der Waals surface area contributed by atoms with Crippen LogP contribution in [0.2, 0.25) is 0 Å². The van der Waals surface area contributed by atoms with E-state index in [1.54, 1.807) is 0 Å². The van der Waals surface area contributed by atoms with Crippen LogP contribution in [0, 0.1) is 17.2 Å². The molecule has 1 aromatic carbocycles. The molecule has 0 radical (unpaired) electrons. The van der Waals surface area contributed by atoms with E-state index in [1.807, 2.05) is 18.2 Å². The van der Waals surface area contributed by atoms with Crippen LogP contribution in [-0.4, -0.2) is 18.1 Å². The lowest BCUT2D eigenvalue weighted by molar-refractivity contribution is 0.0685. The number of nitrogens with one attached hydrogen (secondary N) is 1. The fourth-order valence-electron chi connectivity index (χ4n) is 1.49. The summed E-state index contributed by atoms with van der Waals surface area (Å²) in [6.07, 6.45) is 0. The Kier molecular flexibility index (Phi) is 2.78. The molecule has 0 amide bonds. The summed E-state index contributed by atoms with van der Waals surface area (Å²) >= 11 is 0. The fourth-order valence-corrected chi connectivity index (χ4v) is 1.49.